The Hall–Kier alpha value is -6.88. The number of benzene rings is 7. The SMILES string of the molecule is N/C(=C1/C=CC=CC1N1CC1c1cccc2oc3c(-n4c5ccccc5c5c(-c6ccccc6)cccc54)cccc3c12)c1ccc(-c2ccccc2)cc1. The molecule has 9 aromatic rings. The standard InChI is InChI=1S/C51H37N3O/c52-50(36-30-28-34(29-31-36)33-14-3-1-4-15-33)40-19-8-9-23-42(40)53-32-46(53)39-21-13-27-47-49(39)41-22-12-26-45(51(41)55-47)54-43-24-10-7-18-38(43)48-37(20-11-25-44(48)54)35-16-5-2-6-17-35/h1-31,42,46H,32,52H2/b50-40-. The van der Waals surface area contributed by atoms with Gasteiger partial charge >= 0.3 is 0 Å². The van der Waals surface area contributed by atoms with Crippen LogP contribution in [0.5, 0.6) is 0 Å². The molecule has 0 radical (unpaired) electrons. The van der Waals surface area contributed by atoms with E-state index in [1.54, 1.807) is 0 Å². The molecule has 0 amide bonds. The minimum atomic E-state index is 0.0733. The van der Waals surface area contributed by atoms with Crippen molar-refractivity contribution in [1.29, 1.82) is 0 Å². The number of aromatic nitrogens is 1. The lowest BCUT2D eigenvalue weighted by Gasteiger charge is -2.22. The van der Waals surface area contributed by atoms with Gasteiger partial charge in [0, 0.05) is 39.8 Å². The molecule has 7 aromatic carbocycles. The van der Waals surface area contributed by atoms with Gasteiger partial charge in [0.15, 0.2) is 5.58 Å². The highest BCUT2D eigenvalue weighted by atomic mass is 16.3. The van der Waals surface area contributed by atoms with Crippen molar-refractivity contribution in [3.8, 4) is 27.9 Å². The maximum absolute atomic E-state index is 6.98. The predicted octanol–water partition coefficient (Wildman–Crippen LogP) is 12.2. The first kappa shape index (κ1) is 31.6. The van der Waals surface area contributed by atoms with E-state index in [4.69, 9.17) is 10.2 Å². The molecule has 1 aliphatic heterocycles. The summed E-state index contributed by atoms with van der Waals surface area (Å²) in [6.45, 7) is 0.938. The minimum absolute atomic E-state index is 0.0733. The average molecular weight is 708 g/mol. The summed E-state index contributed by atoms with van der Waals surface area (Å²) in [5, 5.41) is 4.79. The molecular weight excluding hydrogens is 671 g/mol. The topological polar surface area (TPSA) is 47.1 Å². The van der Waals surface area contributed by atoms with Gasteiger partial charge in [-0.05, 0) is 63.2 Å². The molecule has 1 aliphatic carbocycles. The van der Waals surface area contributed by atoms with Gasteiger partial charge in [-0.2, -0.15) is 0 Å². The lowest BCUT2D eigenvalue weighted by Crippen LogP contribution is -2.23. The van der Waals surface area contributed by atoms with Crippen LogP contribution in [0.15, 0.2) is 198 Å². The van der Waals surface area contributed by atoms with Crippen LogP contribution in [0, 0.1) is 0 Å². The molecule has 0 spiro atoms. The fraction of sp³-hybridized carbons (Fsp3) is 0.0588. The van der Waals surface area contributed by atoms with Gasteiger partial charge in [0.25, 0.3) is 0 Å². The van der Waals surface area contributed by atoms with Crippen molar-refractivity contribution < 1.29 is 4.42 Å². The van der Waals surface area contributed by atoms with Gasteiger partial charge in [-0.1, -0.05) is 164 Å². The van der Waals surface area contributed by atoms with Crippen LogP contribution < -0.4 is 5.73 Å². The molecular formula is C51H37N3O. The second-order valence-electron chi connectivity index (χ2n) is 14.6. The number of nitrogens with zero attached hydrogens (tertiary/aromatic N) is 2. The minimum Gasteiger partial charge on any atom is -0.454 e. The number of hydrogen-bond acceptors (Lipinski definition) is 3. The van der Waals surface area contributed by atoms with E-state index in [9.17, 15) is 0 Å². The summed E-state index contributed by atoms with van der Waals surface area (Å²) in [6, 6.07) is 58.5. The summed E-state index contributed by atoms with van der Waals surface area (Å²) in [4.78, 5) is 2.54. The summed E-state index contributed by atoms with van der Waals surface area (Å²) in [6.07, 6.45) is 8.69. The van der Waals surface area contributed by atoms with Gasteiger partial charge in [0.05, 0.1) is 22.8 Å². The molecule has 2 aliphatic rings. The molecule has 3 atom stereocenters. The van der Waals surface area contributed by atoms with E-state index in [0.29, 0.717) is 0 Å². The molecule has 1 saturated heterocycles. The van der Waals surface area contributed by atoms with Crippen molar-refractivity contribution in [2.24, 2.45) is 5.73 Å². The van der Waals surface area contributed by atoms with Crippen LogP contribution in [-0.2, 0) is 0 Å². The first-order valence-corrected chi connectivity index (χ1v) is 19.0. The molecule has 4 heteroatoms. The van der Waals surface area contributed by atoms with E-state index in [1.165, 1.54) is 44.0 Å². The van der Waals surface area contributed by atoms with Crippen molar-refractivity contribution in [3.05, 3.63) is 205 Å². The number of fused-ring (bicyclic) bond motifs is 6. The Morgan fingerprint density at radius 3 is 2.11 bits per heavy atom. The van der Waals surface area contributed by atoms with E-state index in [-0.39, 0.29) is 12.1 Å². The van der Waals surface area contributed by atoms with Crippen LogP contribution in [0.3, 0.4) is 0 Å². The molecule has 11 rings (SSSR count). The molecule has 0 saturated carbocycles. The van der Waals surface area contributed by atoms with Crippen LogP contribution in [0.1, 0.15) is 17.2 Å². The molecule has 0 bridgehead atoms. The summed E-state index contributed by atoms with van der Waals surface area (Å²) in [7, 11) is 0. The quantitative estimate of drug-likeness (QED) is 0.175. The van der Waals surface area contributed by atoms with Crippen molar-refractivity contribution in [3.63, 3.8) is 0 Å². The van der Waals surface area contributed by atoms with Gasteiger partial charge in [0.2, 0.25) is 0 Å². The molecule has 1 fully saturated rings. The summed E-state index contributed by atoms with van der Waals surface area (Å²) in [5.41, 5.74) is 21.2. The van der Waals surface area contributed by atoms with Crippen LogP contribution in [0.2, 0.25) is 0 Å². The van der Waals surface area contributed by atoms with Gasteiger partial charge in [-0.3, -0.25) is 4.90 Å². The van der Waals surface area contributed by atoms with Crippen molar-refractivity contribution in [2.45, 2.75) is 12.1 Å². The summed E-state index contributed by atoms with van der Waals surface area (Å²) >= 11 is 0. The number of hydrogen-bond donors (Lipinski definition) is 1. The number of allylic oxidation sites excluding steroid dienone is 2. The maximum Gasteiger partial charge on any atom is 0.159 e. The van der Waals surface area contributed by atoms with Crippen molar-refractivity contribution in [2.75, 3.05) is 6.54 Å². The van der Waals surface area contributed by atoms with Crippen molar-refractivity contribution >= 4 is 49.4 Å². The van der Waals surface area contributed by atoms with Crippen molar-refractivity contribution in [1.82, 2.24) is 9.47 Å². The summed E-state index contributed by atoms with van der Waals surface area (Å²) in [5.74, 6) is 0. The average Bonchev–Trinajstić information content (AvgIpc) is 3.85. The Morgan fingerprint density at radius 2 is 1.27 bits per heavy atom. The molecule has 4 nitrogen and oxygen atoms in total. The highest BCUT2D eigenvalue weighted by Gasteiger charge is 2.43. The largest absolute Gasteiger partial charge is 0.454 e. The highest BCUT2D eigenvalue weighted by Crippen LogP contribution is 2.47. The first-order valence-electron chi connectivity index (χ1n) is 19.0. The van der Waals surface area contributed by atoms with E-state index in [1.807, 2.05) is 6.07 Å². The number of nitrogens with two attached hydrogens (primary N) is 1. The third-order valence-corrected chi connectivity index (χ3v) is 11.5. The van der Waals surface area contributed by atoms with Gasteiger partial charge in [-0.25, -0.2) is 0 Å². The zero-order valence-corrected chi connectivity index (χ0v) is 30.1. The normalized spacial score (nSPS) is 18.8. The van der Waals surface area contributed by atoms with E-state index in [0.717, 1.165) is 56.7 Å². The fourth-order valence-corrected chi connectivity index (χ4v) is 8.90. The number of para-hydroxylation sites is 2. The third kappa shape index (κ3) is 5.10. The Labute approximate surface area is 319 Å². The Balaban J connectivity index is 0.994. The lowest BCUT2D eigenvalue weighted by molar-refractivity contribution is 0.483. The highest BCUT2D eigenvalue weighted by molar-refractivity contribution is 6.17. The molecule has 55 heavy (non-hydrogen) atoms. The smallest absolute Gasteiger partial charge is 0.159 e. The molecule has 262 valence electrons. The van der Waals surface area contributed by atoms with Gasteiger partial charge < -0.3 is 14.7 Å². The first-order chi connectivity index (χ1) is 27.2. The van der Waals surface area contributed by atoms with Gasteiger partial charge in [0.1, 0.15) is 5.58 Å². The molecule has 2 aromatic heterocycles. The second kappa shape index (κ2) is 12.6. The zero-order chi connectivity index (χ0) is 36.5. The van der Waals surface area contributed by atoms with Crippen LogP contribution in [0.4, 0.5) is 0 Å². The van der Waals surface area contributed by atoms with Gasteiger partial charge in [-0.15, -0.1) is 0 Å². The Morgan fingerprint density at radius 1 is 0.582 bits per heavy atom. The van der Waals surface area contributed by atoms with E-state index in [2.05, 4.69) is 191 Å². The van der Waals surface area contributed by atoms with Crippen LogP contribution >= 0.6 is 0 Å². The number of rotatable bonds is 6. The predicted molar refractivity (Wildman–Crippen MR) is 228 cm³/mol. The van der Waals surface area contributed by atoms with Crippen LogP contribution in [0.25, 0.3) is 77.4 Å². The van der Waals surface area contributed by atoms with E-state index >= 15 is 0 Å². The number of furan rings is 1. The monoisotopic (exact) mass is 707 g/mol. The Kier molecular flexibility index (Phi) is 7.26. The zero-order valence-electron chi connectivity index (χ0n) is 30.1. The molecule has 3 unspecified atom stereocenters. The Bertz CT molecular complexity index is 3020. The fourth-order valence-electron chi connectivity index (χ4n) is 8.90. The second-order valence-corrected chi connectivity index (χ2v) is 14.6. The van der Waals surface area contributed by atoms with Crippen LogP contribution in [-0.4, -0.2) is 22.1 Å². The maximum atomic E-state index is 6.98. The summed E-state index contributed by atoms with van der Waals surface area (Å²) < 4.78 is 9.27. The molecule has 2 N–H and O–H groups in total. The van der Waals surface area contributed by atoms with E-state index < -0.39 is 0 Å². The lowest BCUT2D eigenvalue weighted by atomic mass is 9.95. The molecule has 3 heterocycles. The third-order valence-electron chi connectivity index (χ3n) is 11.5.